The lowest BCUT2D eigenvalue weighted by Gasteiger charge is -2.19. The van der Waals surface area contributed by atoms with Gasteiger partial charge in [0.25, 0.3) is 11.8 Å². The highest BCUT2D eigenvalue weighted by Crippen LogP contribution is 2.13. The highest BCUT2D eigenvalue weighted by Gasteiger charge is 2.28. The Labute approximate surface area is 221 Å². The van der Waals surface area contributed by atoms with Gasteiger partial charge in [0.05, 0.1) is 37.6 Å². The highest BCUT2D eigenvalue weighted by atomic mass is 16.5. The Hall–Kier alpha value is -3.96. The molecule has 0 saturated carbocycles. The second kappa shape index (κ2) is 17.5. The van der Waals surface area contributed by atoms with Crippen molar-refractivity contribution in [2.75, 3.05) is 26.4 Å². The number of carbonyl (C=O) groups is 6. The zero-order valence-corrected chi connectivity index (χ0v) is 22.2. The molecule has 12 heteroatoms. The van der Waals surface area contributed by atoms with E-state index < -0.39 is 47.8 Å². The van der Waals surface area contributed by atoms with Gasteiger partial charge >= 0.3 is 23.9 Å². The van der Waals surface area contributed by atoms with Crippen LogP contribution < -0.4 is 10.6 Å². The van der Waals surface area contributed by atoms with Gasteiger partial charge in [-0.05, 0) is 52.7 Å². The summed E-state index contributed by atoms with van der Waals surface area (Å²) in [6.07, 6.45) is -0.421. The molecule has 2 amide bonds. The molecule has 38 heavy (non-hydrogen) atoms. The largest absolute Gasteiger partial charge is 0.466 e. The smallest absolute Gasteiger partial charge is 0.328 e. The zero-order valence-electron chi connectivity index (χ0n) is 22.2. The van der Waals surface area contributed by atoms with Crippen molar-refractivity contribution < 1.29 is 47.7 Å². The first kappa shape index (κ1) is 32.1. The first-order valence-electron chi connectivity index (χ1n) is 12.5. The SMILES string of the molecule is CCOC(=O)CC[C@H](NC(=O)c1ccccc1C(=O)N[C@H](CCC(=O)OCC)C(=O)OCC)C(=O)OCC. The second-order valence-electron chi connectivity index (χ2n) is 7.79. The van der Waals surface area contributed by atoms with E-state index in [9.17, 15) is 28.8 Å². The Morgan fingerprint density at radius 2 is 0.947 bits per heavy atom. The van der Waals surface area contributed by atoms with Crippen LogP contribution in [0.2, 0.25) is 0 Å². The summed E-state index contributed by atoms with van der Waals surface area (Å²) in [5, 5.41) is 5.01. The van der Waals surface area contributed by atoms with Crippen LogP contribution in [0.1, 0.15) is 74.1 Å². The summed E-state index contributed by atoms with van der Waals surface area (Å²) < 4.78 is 19.7. The van der Waals surface area contributed by atoms with Gasteiger partial charge < -0.3 is 29.6 Å². The van der Waals surface area contributed by atoms with Crippen LogP contribution in [0.3, 0.4) is 0 Å². The fraction of sp³-hybridized carbons (Fsp3) is 0.538. The standard InChI is InChI=1S/C26H36N2O10/c1-5-35-21(29)15-13-19(25(33)37-7-3)27-23(31)17-11-9-10-12-18(17)24(32)28-20(26(34)38-8-4)14-16-22(30)36-6-2/h9-12,19-20H,5-8,13-16H2,1-4H3,(H,27,31)(H,28,32)/t19-,20+. The lowest BCUT2D eigenvalue weighted by molar-refractivity contribution is -0.148. The summed E-state index contributed by atoms with van der Waals surface area (Å²) in [5.74, 6) is -4.09. The average molecular weight is 537 g/mol. The number of rotatable bonds is 16. The van der Waals surface area contributed by atoms with Gasteiger partial charge in [0, 0.05) is 12.8 Å². The van der Waals surface area contributed by atoms with Gasteiger partial charge in [0.1, 0.15) is 12.1 Å². The molecular weight excluding hydrogens is 500 g/mol. The number of benzene rings is 1. The lowest BCUT2D eigenvalue weighted by Crippen LogP contribution is -2.44. The van der Waals surface area contributed by atoms with Crippen LogP contribution in [0.4, 0.5) is 0 Å². The molecule has 12 nitrogen and oxygen atoms in total. The molecule has 0 aliphatic carbocycles. The van der Waals surface area contributed by atoms with Crippen molar-refractivity contribution in [1.29, 1.82) is 0 Å². The van der Waals surface area contributed by atoms with E-state index in [1.807, 2.05) is 0 Å². The van der Waals surface area contributed by atoms with Crippen LogP contribution in [0.25, 0.3) is 0 Å². The van der Waals surface area contributed by atoms with Crippen LogP contribution in [0, 0.1) is 0 Å². The van der Waals surface area contributed by atoms with Gasteiger partial charge in [0.15, 0.2) is 0 Å². The van der Waals surface area contributed by atoms with Crippen molar-refractivity contribution >= 4 is 35.7 Å². The van der Waals surface area contributed by atoms with Crippen LogP contribution in [0.15, 0.2) is 24.3 Å². The van der Waals surface area contributed by atoms with Crippen LogP contribution >= 0.6 is 0 Å². The fourth-order valence-electron chi connectivity index (χ4n) is 3.33. The first-order valence-corrected chi connectivity index (χ1v) is 12.5. The predicted molar refractivity (Wildman–Crippen MR) is 134 cm³/mol. The molecule has 0 fully saturated rings. The van der Waals surface area contributed by atoms with Crippen molar-refractivity contribution in [3.8, 4) is 0 Å². The average Bonchev–Trinajstić information content (AvgIpc) is 2.89. The number of carbonyl (C=O) groups excluding carboxylic acids is 6. The Kier molecular flexibility index (Phi) is 14.8. The third-order valence-electron chi connectivity index (χ3n) is 5.05. The molecule has 0 radical (unpaired) electrons. The number of hydrogen-bond acceptors (Lipinski definition) is 10. The number of amides is 2. The first-order chi connectivity index (χ1) is 18.2. The molecule has 2 N–H and O–H groups in total. The van der Waals surface area contributed by atoms with E-state index in [1.54, 1.807) is 27.7 Å². The summed E-state index contributed by atoms with van der Waals surface area (Å²) in [6.45, 7) is 6.96. The third kappa shape index (κ3) is 11.0. The Morgan fingerprint density at radius 1 is 0.605 bits per heavy atom. The van der Waals surface area contributed by atoms with E-state index in [1.165, 1.54) is 24.3 Å². The van der Waals surface area contributed by atoms with E-state index in [2.05, 4.69) is 10.6 Å². The van der Waals surface area contributed by atoms with Crippen LogP contribution in [-0.4, -0.2) is 74.2 Å². The van der Waals surface area contributed by atoms with Crippen molar-refractivity contribution in [1.82, 2.24) is 10.6 Å². The summed E-state index contributed by atoms with van der Waals surface area (Å²) in [4.78, 5) is 74.5. The molecule has 0 spiro atoms. The van der Waals surface area contributed by atoms with Gasteiger partial charge in [-0.15, -0.1) is 0 Å². The molecule has 210 valence electrons. The molecule has 0 saturated heterocycles. The maximum absolute atomic E-state index is 13.1. The number of nitrogens with one attached hydrogen (secondary N) is 2. The Balaban J connectivity index is 3.09. The lowest BCUT2D eigenvalue weighted by atomic mass is 10.0. The molecule has 1 aromatic carbocycles. The molecule has 1 aromatic rings. The summed E-state index contributed by atoms with van der Waals surface area (Å²) in [5.41, 5.74) is -0.160. The second-order valence-corrected chi connectivity index (χ2v) is 7.79. The maximum atomic E-state index is 13.1. The van der Waals surface area contributed by atoms with Gasteiger partial charge in [-0.1, -0.05) is 12.1 Å². The maximum Gasteiger partial charge on any atom is 0.328 e. The molecule has 1 rings (SSSR count). The minimum atomic E-state index is -1.17. The normalized spacial score (nSPS) is 11.9. The van der Waals surface area contributed by atoms with E-state index >= 15 is 0 Å². The highest BCUT2D eigenvalue weighted by molar-refractivity contribution is 6.08. The molecule has 0 heterocycles. The van der Waals surface area contributed by atoms with Gasteiger partial charge in [0.2, 0.25) is 0 Å². The monoisotopic (exact) mass is 536 g/mol. The number of esters is 4. The molecular formula is C26H36N2O10. The molecule has 2 atom stereocenters. The summed E-state index contributed by atoms with van der Waals surface area (Å²) in [7, 11) is 0. The minimum Gasteiger partial charge on any atom is -0.466 e. The van der Waals surface area contributed by atoms with Crippen LogP contribution in [-0.2, 0) is 38.1 Å². The Morgan fingerprint density at radius 3 is 1.26 bits per heavy atom. The van der Waals surface area contributed by atoms with Crippen LogP contribution in [0.5, 0.6) is 0 Å². The van der Waals surface area contributed by atoms with Crippen molar-refractivity contribution in [3.05, 3.63) is 35.4 Å². The molecule has 0 aromatic heterocycles. The van der Waals surface area contributed by atoms with Crippen molar-refractivity contribution in [2.24, 2.45) is 0 Å². The fourth-order valence-corrected chi connectivity index (χ4v) is 3.33. The van der Waals surface area contributed by atoms with Gasteiger partial charge in [-0.25, -0.2) is 9.59 Å². The number of ether oxygens (including phenoxy) is 4. The third-order valence-corrected chi connectivity index (χ3v) is 5.05. The van der Waals surface area contributed by atoms with Gasteiger partial charge in [-0.2, -0.15) is 0 Å². The van der Waals surface area contributed by atoms with Gasteiger partial charge in [-0.3, -0.25) is 19.2 Å². The van der Waals surface area contributed by atoms with Crippen molar-refractivity contribution in [3.63, 3.8) is 0 Å². The Bertz CT molecular complexity index is 902. The zero-order chi connectivity index (χ0) is 28.5. The van der Waals surface area contributed by atoms with E-state index in [0.717, 1.165) is 0 Å². The molecule has 0 unspecified atom stereocenters. The minimum absolute atomic E-state index is 0.0602. The van der Waals surface area contributed by atoms with E-state index in [-0.39, 0.29) is 63.2 Å². The van der Waals surface area contributed by atoms with E-state index in [0.29, 0.717) is 0 Å². The predicted octanol–water partition coefficient (Wildman–Crippen LogP) is 1.70. The summed E-state index contributed by atoms with van der Waals surface area (Å²) >= 11 is 0. The molecule has 0 aliphatic rings. The topological polar surface area (TPSA) is 163 Å². The molecule has 0 aliphatic heterocycles. The molecule has 0 bridgehead atoms. The van der Waals surface area contributed by atoms with Crippen molar-refractivity contribution in [2.45, 2.75) is 65.5 Å². The summed E-state index contributed by atoms with van der Waals surface area (Å²) in [6, 6.07) is 3.45. The number of hydrogen-bond donors (Lipinski definition) is 2. The van der Waals surface area contributed by atoms with E-state index in [4.69, 9.17) is 18.9 Å². The quantitative estimate of drug-likeness (QED) is 0.235.